The second kappa shape index (κ2) is 5.44. The summed E-state index contributed by atoms with van der Waals surface area (Å²) in [5, 5.41) is 7.73. The van der Waals surface area contributed by atoms with Gasteiger partial charge < -0.3 is 11.1 Å². The average molecular weight is 309 g/mol. The van der Waals surface area contributed by atoms with Crippen molar-refractivity contribution in [3.05, 3.63) is 34.4 Å². The molecule has 0 aliphatic rings. The Bertz CT molecular complexity index is 531. The molecule has 1 aromatic carbocycles. The molecule has 96 valence electrons. The fourth-order valence-electron chi connectivity index (χ4n) is 1.84. The van der Waals surface area contributed by atoms with Crippen LogP contribution in [0.25, 0.3) is 0 Å². The Balaban J connectivity index is 2.26. The van der Waals surface area contributed by atoms with E-state index in [-0.39, 0.29) is 0 Å². The van der Waals surface area contributed by atoms with E-state index < -0.39 is 0 Å². The molecule has 0 amide bonds. The van der Waals surface area contributed by atoms with Crippen LogP contribution in [0.1, 0.15) is 19.0 Å². The van der Waals surface area contributed by atoms with Crippen LogP contribution in [-0.4, -0.2) is 9.78 Å². The lowest BCUT2D eigenvalue weighted by Gasteiger charge is -2.07. The van der Waals surface area contributed by atoms with Crippen LogP contribution in [0, 0.1) is 0 Å². The quantitative estimate of drug-likeness (QED) is 0.909. The standard InChI is InChI=1S/C13H17BrN4/c1-3-4-11-12(15)13(18(2)17-11)16-10-7-5-9(14)6-8-10/h5-8,16H,3-4,15H2,1-2H3. The summed E-state index contributed by atoms with van der Waals surface area (Å²) in [6.07, 6.45) is 1.95. The summed E-state index contributed by atoms with van der Waals surface area (Å²) in [6, 6.07) is 7.97. The van der Waals surface area contributed by atoms with Gasteiger partial charge in [0.2, 0.25) is 0 Å². The van der Waals surface area contributed by atoms with Crippen LogP contribution in [0.2, 0.25) is 0 Å². The van der Waals surface area contributed by atoms with Crippen LogP contribution in [-0.2, 0) is 13.5 Å². The van der Waals surface area contributed by atoms with E-state index in [0.29, 0.717) is 0 Å². The summed E-state index contributed by atoms with van der Waals surface area (Å²) in [5.41, 5.74) is 8.81. The van der Waals surface area contributed by atoms with Gasteiger partial charge in [-0.15, -0.1) is 0 Å². The van der Waals surface area contributed by atoms with Gasteiger partial charge in [0.15, 0.2) is 5.82 Å². The highest BCUT2D eigenvalue weighted by molar-refractivity contribution is 9.10. The minimum absolute atomic E-state index is 0.738. The van der Waals surface area contributed by atoms with E-state index >= 15 is 0 Å². The molecule has 0 fully saturated rings. The maximum absolute atomic E-state index is 6.11. The van der Waals surface area contributed by atoms with Gasteiger partial charge in [0.05, 0.1) is 11.4 Å². The van der Waals surface area contributed by atoms with Crippen molar-refractivity contribution in [3.63, 3.8) is 0 Å². The molecule has 4 nitrogen and oxygen atoms in total. The molecule has 0 radical (unpaired) electrons. The first-order chi connectivity index (χ1) is 8.61. The third-order valence-corrected chi connectivity index (χ3v) is 3.28. The zero-order valence-electron chi connectivity index (χ0n) is 10.6. The summed E-state index contributed by atoms with van der Waals surface area (Å²) >= 11 is 3.41. The third kappa shape index (κ3) is 2.67. The maximum Gasteiger partial charge on any atom is 0.152 e. The molecule has 0 spiro atoms. The number of aryl methyl sites for hydroxylation is 2. The lowest BCUT2D eigenvalue weighted by Crippen LogP contribution is -2.01. The largest absolute Gasteiger partial charge is 0.394 e. The number of nitrogens with one attached hydrogen (secondary N) is 1. The second-order valence-corrected chi connectivity index (χ2v) is 5.13. The molecule has 0 bridgehead atoms. The average Bonchev–Trinajstić information content (AvgIpc) is 2.60. The lowest BCUT2D eigenvalue weighted by molar-refractivity contribution is 0.740. The number of benzene rings is 1. The lowest BCUT2D eigenvalue weighted by atomic mass is 10.2. The number of aromatic nitrogens is 2. The molecule has 0 saturated carbocycles. The van der Waals surface area contributed by atoms with Gasteiger partial charge in [0, 0.05) is 17.2 Å². The van der Waals surface area contributed by atoms with Crippen molar-refractivity contribution in [2.75, 3.05) is 11.1 Å². The highest BCUT2D eigenvalue weighted by Crippen LogP contribution is 2.27. The molecular formula is C13H17BrN4. The molecule has 5 heteroatoms. The van der Waals surface area contributed by atoms with Crippen LogP contribution in [0.5, 0.6) is 0 Å². The van der Waals surface area contributed by atoms with Gasteiger partial charge >= 0.3 is 0 Å². The topological polar surface area (TPSA) is 55.9 Å². The molecule has 0 saturated heterocycles. The predicted molar refractivity (Wildman–Crippen MR) is 79.0 cm³/mol. The van der Waals surface area contributed by atoms with Crippen molar-refractivity contribution in [2.45, 2.75) is 19.8 Å². The molecule has 2 rings (SSSR count). The first-order valence-electron chi connectivity index (χ1n) is 5.95. The Hall–Kier alpha value is -1.49. The van der Waals surface area contributed by atoms with Crippen LogP contribution in [0.15, 0.2) is 28.7 Å². The van der Waals surface area contributed by atoms with E-state index in [1.807, 2.05) is 31.3 Å². The van der Waals surface area contributed by atoms with E-state index in [1.165, 1.54) is 0 Å². The number of nitrogen functional groups attached to an aromatic ring is 1. The molecule has 1 heterocycles. The molecule has 3 N–H and O–H groups in total. The fourth-order valence-corrected chi connectivity index (χ4v) is 2.10. The number of halogens is 1. The monoisotopic (exact) mass is 308 g/mol. The number of nitrogens with two attached hydrogens (primary N) is 1. The van der Waals surface area contributed by atoms with Gasteiger partial charge in [-0.1, -0.05) is 29.3 Å². The van der Waals surface area contributed by atoms with Gasteiger partial charge in [0.1, 0.15) is 0 Å². The van der Waals surface area contributed by atoms with Gasteiger partial charge in [0.25, 0.3) is 0 Å². The summed E-state index contributed by atoms with van der Waals surface area (Å²) in [6.45, 7) is 2.12. The van der Waals surface area contributed by atoms with Gasteiger partial charge in [-0.25, -0.2) is 0 Å². The zero-order chi connectivity index (χ0) is 13.1. The second-order valence-electron chi connectivity index (χ2n) is 4.21. The van der Waals surface area contributed by atoms with E-state index in [1.54, 1.807) is 4.68 Å². The summed E-state index contributed by atoms with van der Waals surface area (Å²) < 4.78 is 2.85. The van der Waals surface area contributed by atoms with Crippen LogP contribution < -0.4 is 11.1 Å². The van der Waals surface area contributed by atoms with Crippen LogP contribution in [0.3, 0.4) is 0 Å². The smallest absolute Gasteiger partial charge is 0.152 e. The van der Waals surface area contributed by atoms with Crippen molar-refractivity contribution in [2.24, 2.45) is 7.05 Å². The number of rotatable bonds is 4. The Labute approximate surface area is 115 Å². The van der Waals surface area contributed by atoms with Crippen molar-refractivity contribution < 1.29 is 0 Å². The Kier molecular flexibility index (Phi) is 3.91. The molecule has 18 heavy (non-hydrogen) atoms. The normalized spacial score (nSPS) is 10.6. The summed E-state index contributed by atoms with van der Waals surface area (Å²) in [4.78, 5) is 0. The Morgan fingerprint density at radius 2 is 2.00 bits per heavy atom. The molecule has 0 unspecified atom stereocenters. The molecular weight excluding hydrogens is 292 g/mol. The first kappa shape index (κ1) is 13.0. The molecule has 0 aliphatic carbocycles. The fraction of sp³-hybridized carbons (Fsp3) is 0.308. The highest BCUT2D eigenvalue weighted by atomic mass is 79.9. The van der Waals surface area contributed by atoms with E-state index in [2.05, 4.69) is 33.3 Å². The number of anilines is 3. The Morgan fingerprint density at radius 1 is 1.33 bits per heavy atom. The summed E-state index contributed by atoms with van der Waals surface area (Å²) in [5.74, 6) is 0.848. The molecule has 0 aliphatic heterocycles. The van der Waals surface area contributed by atoms with E-state index in [9.17, 15) is 0 Å². The minimum atomic E-state index is 0.738. The zero-order valence-corrected chi connectivity index (χ0v) is 12.2. The first-order valence-corrected chi connectivity index (χ1v) is 6.75. The van der Waals surface area contributed by atoms with Gasteiger partial charge in [-0.2, -0.15) is 5.10 Å². The van der Waals surface area contributed by atoms with Gasteiger partial charge in [-0.3, -0.25) is 4.68 Å². The highest BCUT2D eigenvalue weighted by Gasteiger charge is 2.12. The van der Waals surface area contributed by atoms with E-state index in [4.69, 9.17) is 5.73 Å². The van der Waals surface area contributed by atoms with Crippen LogP contribution in [0.4, 0.5) is 17.2 Å². The van der Waals surface area contributed by atoms with Crippen molar-refractivity contribution in [1.82, 2.24) is 9.78 Å². The van der Waals surface area contributed by atoms with Gasteiger partial charge in [-0.05, 0) is 30.7 Å². The summed E-state index contributed by atoms with van der Waals surface area (Å²) in [7, 11) is 1.90. The molecule has 0 atom stereocenters. The third-order valence-electron chi connectivity index (χ3n) is 2.75. The van der Waals surface area contributed by atoms with Crippen LogP contribution >= 0.6 is 15.9 Å². The van der Waals surface area contributed by atoms with Crippen molar-refractivity contribution in [1.29, 1.82) is 0 Å². The molecule has 1 aromatic heterocycles. The van der Waals surface area contributed by atoms with Crippen molar-refractivity contribution >= 4 is 33.1 Å². The van der Waals surface area contributed by atoms with E-state index in [0.717, 1.165) is 40.2 Å². The maximum atomic E-state index is 6.11. The molecule has 2 aromatic rings. The SMILES string of the molecule is CCCc1nn(C)c(Nc2ccc(Br)cc2)c1N. The number of hydrogen-bond donors (Lipinski definition) is 2. The number of nitrogens with zero attached hydrogens (tertiary/aromatic N) is 2. The van der Waals surface area contributed by atoms with Crippen molar-refractivity contribution in [3.8, 4) is 0 Å². The predicted octanol–water partition coefficient (Wildman–Crippen LogP) is 3.46. The minimum Gasteiger partial charge on any atom is -0.394 e. The Morgan fingerprint density at radius 3 is 2.61 bits per heavy atom. The number of hydrogen-bond acceptors (Lipinski definition) is 3.